The van der Waals surface area contributed by atoms with E-state index in [4.69, 9.17) is 6.42 Å². The molecule has 0 saturated carbocycles. The van der Waals surface area contributed by atoms with Gasteiger partial charge in [0.2, 0.25) is 0 Å². The lowest BCUT2D eigenvalue weighted by Crippen LogP contribution is -2.03. The molecule has 0 aliphatic heterocycles. The van der Waals surface area contributed by atoms with E-state index in [-0.39, 0.29) is 0 Å². The number of aryl methyl sites for hydroxylation is 1. The summed E-state index contributed by atoms with van der Waals surface area (Å²) in [5.74, 6) is 3.65. The van der Waals surface area contributed by atoms with Crippen molar-refractivity contribution >= 4 is 17.7 Å². The van der Waals surface area contributed by atoms with Crippen LogP contribution in [-0.4, -0.2) is 22.7 Å². The minimum Gasteiger partial charge on any atom is -0.357 e. The monoisotopic (exact) mass is 230 g/mol. The van der Waals surface area contributed by atoms with E-state index < -0.39 is 0 Å². The average molecular weight is 230 g/mol. The van der Waals surface area contributed by atoms with Crippen LogP contribution in [0.15, 0.2) is 11.3 Å². The number of nitrogens with zero attached hydrogens (tertiary/aromatic N) is 3. The summed E-state index contributed by atoms with van der Waals surface area (Å²) in [6, 6.07) is 0. The Hall–Kier alpha value is -1.89. The van der Waals surface area contributed by atoms with Gasteiger partial charge < -0.3 is 5.32 Å². The van der Waals surface area contributed by atoms with Crippen molar-refractivity contribution in [2.24, 2.45) is 10.9 Å². The summed E-state index contributed by atoms with van der Waals surface area (Å²) in [5, 5.41) is 3.04. The van der Waals surface area contributed by atoms with Crippen LogP contribution in [0.1, 0.15) is 26.0 Å². The fourth-order valence-electron chi connectivity index (χ4n) is 1.19. The Morgan fingerprint density at radius 1 is 1.59 bits per heavy atom. The first kappa shape index (κ1) is 13.2. The van der Waals surface area contributed by atoms with Crippen molar-refractivity contribution in [2.45, 2.75) is 27.2 Å². The molecule has 1 heterocycles. The number of hydrogen-bond acceptors (Lipinski definition) is 4. The Morgan fingerprint density at radius 3 is 3.00 bits per heavy atom. The first-order valence-corrected chi connectivity index (χ1v) is 5.72. The predicted molar refractivity (Wildman–Crippen MR) is 71.7 cm³/mol. The molecule has 0 radical (unpaired) electrons. The van der Waals surface area contributed by atoms with Crippen molar-refractivity contribution in [1.29, 1.82) is 0 Å². The minimum absolute atomic E-state index is 0.433. The van der Waals surface area contributed by atoms with Gasteiger partial charge in [-0.15, -0.1) is 6.42 Å². The molecular weight excluding hydrogens is 212 g/mol. The van der Waals surface area contributed by atoms with Crippen molar-refractivity contribution in [3.63, 3.8) is 0 Å². The molecule has 0 aliphatic rings. The van der Waals surface area contributed by atoms with E-state index in [2.05, 4.69) is 40.0 Å². The van der Waals surface area contributed by atoms with Gasteiger partial charge in [0.05, 0.1) is 12.2 Å². The second-order valence-corrected chi connectivity index (χ2v) is 3.88. The van der Waals surface area contributed by atoms with E-state index in [9.17, 15) is 0 Å². The summed E-state index contributed by atoms with van der Waals surface area (Å²) < 4.78 is 0. The quantitative estimate of drug-likeness (QED) is 0.624. The van der Waals surface area contributed by atoms with Crippen LogP contribution in [0.2, 0.25) is 0 Å². The van der Waals surface area contributed by atoms with E-state index in [1.165, 1.54) is 6.33 Å². The molecule has 17 heavy (non-hydrogen) atoms. The zero-order valence-electron chi connectivity index (χ0n) is 10.6. The van der Waals surface area contributed by atoms with E-state index in [1.807, 2.05) is 13.1 Å². The van der Waals surface area contributed by atoms with Crippen molar-refractivity contribution in [3.05, 3.63) is 12.0 Å². The van der Waals surface area contributed by atoms with Gasteiger partial charge in [0.15, 0.2) is 5.82 Å². The van der Waals surface area contributed by atoms with Crippen LogP contribution in [0.5, 0.6) is 0 Å². The fourth-order valence-corrected chi connectivity index (χ4v) is 1.19. The topological polar surface area (TPSA) is 50.2 Å². The number of nitrogens with one attached hydrogen (secondary N) is 1. The van der Waals surface area contributed by atoms with E-state index in [0.29, 0.717) is 18.3 Å². The maximum Gasteiger partial charge on any atom is 0.156 e. The molecule has 0 spiro atoms. The van der Waals surface area contributed by atoms with Crippen LogP contribution in [0.4, 0.5) is 11.5 Å². The van der Waals surface area contributed by atoms with E-state index in [0.717, 1.165) is 17.8 Å². The van der Waals surface area contributed by atoms with Crippen LogP contribution in [0.25, 0.3) is 0 Å². The Labute approximate surface area is 103 Å². The van der Waals surface area contributed by atoms with Gasteiger partial charge in [0.25, 0.3) is 0 Å². The second kappa shape index (κ2) is 6.64. The fraction of sp³-hybridized carbons (Fsp3) is 0.462. The number of aromatic nitrogens is 2. The lowest BCUT2D eigenvalue weighted by atomic mass is 10.1. The van der Waals surface area contributed by atoms with Crippen LogP contribution < -0.4 is 5.32 Å². The summed E-state index contributed by atoms with van der Waals surface area (Å²) in [6.45, 7) is 6.59. The van der Waals surface area contributed by atoms with Crippen LogP contribution >= 0.6 is 0 Å². The summed E-state index contributed by atoms with van der Waals surface area (Å²) in [6.07, 6.45) is 9.71. The SMILES string of the molecule is C#CCNc1ncnc(C)c1N=C[C@H](C)CC. The molecule has 0 fully saturated rings. The van der Waals surface area contributed by atoms with Gasteiger partial charge in [-0.05, 0) is 19.3 Å². The predicted octanol–water partition coefficient (Wildman–Crippen LogP) is 2.58. The van der Waals surface area contributed by atoms with Crippen LogP contribution in [0, 0.1) is 25.2 Å². The van der Waals surface area contributed by atoms with Crippen molar-refractivity contribution < 1.29 is 0 Å². The summed E-state index contributed by atoms with van der Waals surface area (Å²) in [4.78, 5) is 12.7. The average Bonchev–Trinajstić information content (AvgIpc) is 2.34. The molecule has 1 N–H and O–H groups in total. The molecule has 1 aromatic heterocycles. The van der Waals surface area contributed by atoms with Gasteiger partial charge in [0.1, 0.15) is 12.0 Å². The summed E-state index contributed by atoms with van der Waals surface area (Å²) >= 11 is 0. The molecular formula is C13H18N4. The number of hydrogen-bond donors (Lipinski definition) is 1. The molecule has 0 bridgehead atoms. The van der Waals surface area contributed by atoms with Crippen molar-refractivity contribution in [1.82, 2.24) is 9.97 Å². The lowest BCUT2D eigenvalue weighted by Gasteiger charge is -2.07. The standard InChI is InChI=1S/C13H18N4/c1-5-7-14-13-12(11(4)16-9-17-13)15-8-10(3)6-2/h1,8-10H,6-7H2,2-4H3,(H,14,16,17)/t10-/m1/s1. The molecule has 4 heteroatoms. The molecule has 4 nitrogen and oxygen atoms in total. The number of aliphatic imine (C=N–C) groups is 1. The molecule has 0 amide bonds. The number of anilines is 1. The highest BCUT2D eigenvalue weighted by molar-refractivity contribution is 5.72. The van der Waals surface area contributed by atoms with Gasteiger partial charge in [-0.2, -0.15) is 0 Å². The van der Waals surface area contributed by atoms with Gasteiger partial charge in [0, 0.05) is 6.21 Å². The maximum atomic E-state index is 5.21. The van der Waals surface area contributed by atoms with Crippen molar-refractivity contribution in [2.75, 3.05) is 11.9 Å². The highest BCUT2D eigenvalue weighted by atomic mass is 15.0. The van der Waals surface area contributed by atoms with Crippen LogP contribution in [0.3, 0.4) is 0 Å². The molecule has 90 valence electrons. The number of rotatable bonds is 5. The lowest BCUT2D eigenvalue weighted by molar-refractivity contribution is 0.754. The number of terminal acetylenes is 1. The Balaban J connectivity index is 2.95. The van der Waals surface area contributed by atoms with Crippen molar-refractivity contribution in [3.8, 4) is 12.3 Å². The zero-order valence-corrected chi connectivity index (χ0v) is 10.6. The molecule has 1 atom stereocenters. The Bertz CT molecular complexity index is 432. The molecule has 0 aliphatic carbocycles. The Kier molecular flexibility index (Phi) is 5.15. The Morgan fingerprint density at radius 2 is 2.35 bits per heavy atom. The van der Waals surface area contributed by atoms with E-state index in [1.54, 1.807) is 0 Å². The van der Waals surface area contributed by atoms with E-state index >= 15 is 0 Å². The molecule has 1 aromatic rings. The molecule has 0 unspecified atom stereocenters. The second-order valence-electron chi connectivity index (χ2n) is 3.88. The van der Waals surface area contributed by atoms with Gasteiger partial charge in [-0.1, -0.05) is 19.8 Å². The molecule has 0 aromatic carbocycles. The molecule has 1 rings (SSSR count). The highest BCUT2D eigenvalue weighted by Gasteiger charge is 2.06. The van der Waals surface area contributed by atoms with Crippen LogP contribution in [-0.2, 0) is 0 Å². The molecule has 0 saturated heterocycles. The van der Waals surface area contributed by atoms with Gasteiger partial charge in [-0.25, -0.2) is 9.97 Å². The third-order valence-electron chi connectivity index (χ3n) is 2.47. The minimum atomic E-state index is 0.433. The largest absolute Gasteiger partial charge is 0.357 e. The summed E-state index contributed by atoms with van der Waals surface area (Å²) in [7, 11) is 0. The first-order valence-electron chi connectivity index (χ1n) is 5.72. The third-order valence-corrected chi connectivity index (χ3v) is 2.47. The van der Waals surface area contributed by atoms with Gasteiger partial charge >= 0.3 is 0 Å². The maximum absolute atomic E-state index is 5.21. The smallest absolute Gasteiger partial charge is 0.156 e. The normalized spacial score (nSPS) is 12.4. The first-order chi connectivity index (χ1) is 8.19. The highest BCUT2D eigenvalue weighted by Crippen LogP contribution is 2.24. The zero-order chi connectivity index (χ0) is 12.7. The van der Waals surface area contributed by atoms with Gasteiger partial charge in [-0.3, -0.25) is 4.99 Å². The third kappa shape index (κ3) is 3.87. The summed E-state index contributed by atoms with van der Waals surface area (Å²) in [5.41, 5.74) is 1.61.